The van der Waals surface area contributed by atoms with Crippen LogP contribution in [0.4, 0.5) is 11.4 Å². The number of carbonyl (C=O) groups excluding carboxylic acids is 2. The number of imide groups is 1. The molecule has 33 heavy (non-hydrogen) atoms. The van der Waals surface area contributed by atoms with E-state index in [1.54, 1.807) is 37.5 Å². The summed E-state index contributed by atoms with van der Waals surface area (Å²) in [5.74, 6) is -0.223. The van der Waals surface area contributed by atoms with Crippen LogP contribution in [-0.4, -0.2) is 32.1 Å². The highest BCUT2D eigenvalue weighted by atomic mass is 16.7. The zero-order valence-electron chi connectivity index (χ0n) is 18.6. The van der Waals surface area contributed by atoms with Gasteiger partial charge in [0.25, 0.3) is 5.91 Å². The second-order valence-corrected chi connectivity index (χ2v) is 8.12. The molecule has 0 aromatic heterocycles. The van der Waals surface area contributed by atoms with Crippen molar-refractivity contribution in [3.05, 3.63) is 83.9 Å². The Morgan fingerprint density at radius 1 is 0.818 bits per heavy atom. The Balaban J connectivity index is 1.64. The highest BCUT2D eigenvalue weighted by molar-refractivity contribution is 6.24. The molecule has 2 aliphatic heterocycles. The van der Waals surface area contributed by atoms with Gasteiger partial charge in [-0.3, -0.25) is 14.4 Å². The van der Waals surface area contributed by atoms with Gasteiger partial charge in [0.2, 0.25) is 5.91 Å². The van der Waals surface area contributed by atoms with Gasteiger partial charge in [0.15, 0.2) is 6.10 Å². The van der Waals surface area contributed by atoms with Crippen molar-refractivity contribution in [1.29, 1.82) is 0 Å². The van der Waals surface area contributed by atoms with Crippen molar-refractivity contribution in [2.75, 3.05) is 24.2 Å². The SMILES string of the molecule is COc1ccc(OC)c([C@H]2[C@H]3C(=O)N(c4cccc(C)c4)C(=O)[C@@H]3ON2c2ccccc2)c1. The molecule has 0 saturated carbocycles. The Hall–Kier alpha value is -3.84. The van der Waals surface area contributed by atoms with Crippen LogP contribution >= 0.6 is 0 Å². The molecule has 3 aromatic rings. The molecular formula is C26H24N2O5. The number of fused-ring (bicyclic) bond motifs is 1. The van der Waals surface area contributed by atoms with Crippen molar-refractivity contribution in [3.8, 4) is 11.5 Å². The number of ether oxygens (including phenoxy) is 2. The van der Waals surface area contributed by atoms with Crippen LogP contribution in [0.1, 0.15) is 17.2 Å². The minimum atomic E-state index is -0.945. The minimum absolute atomic E-state index is 0.302. The molecule has 5 rings (SSSR count). The van der Waals surface area contributed by atoms with Crippen LogP contribution in [0.3, 0.4) is 0 Å². The first-order valence-electron chi connectivity index (χ1n) is 10.7. The quantitative estimate of drug-likeness (QED) is 0.553. The van der Waals surface area contributed by atoms with E-state index in [1.807, 2.05) is 61.5 Å². The first-order chi connectivity index (χ1) is 16.0. The predicted molar refractivity (Wildman–Crippen MR) is 123 cm³/mol. The van der Waals surface area contributed by atoms with Crippen molar-refractivity contribution in [3.63, 3.8) is 0 Å². The molecule has 3 aromatic carbocycles. The molecule has 0 bridgehead atoms. The number of rotatable bonds is 5. The van der Waals surface area contributed by atoms with E-state index in [9.17, 15) is 9.59 Å². The van der Waals surface area contributed by atoms with Crippen molar-refractivity contribution < 1.29 is 23.9 Å². The topological polar surface area (TPSA) is 68.3 Å². The van der Waals surface area contributed by atoms with Gasteiger partial charge in [-0.25, -0.2) is 9.96 Å². The molecule has 2 saturated heterocycles. The Morgan fingerprint density at radius 3 is 2.27 bits per heavy atom. The van der Waals surface area contributed by atoms with Gasteiger partial charge >= 0.3 is 0 Å². The average Bonchev–Trinajstić information content (AvgIpc) is 3.35. The van der Waals surface area contributed by atoms with Gasteiger partial charge < -0.3 is 9.47 Å². The molecule has 7 heteroatoms. The normalized spacial score (nSPS) is 22.0. The van der Waals surface area contributed by atoms with E-state index >= 15 is 0 Å². The number of hydrogen-bond donors (Lipinski definition) is 0. The largest absolute Gasteiger partial charge is 0.497 e. The highest BCUT2D eigenvalue weighted by Crippen LogP contribution is 2.50. The van der Waals surface area contributed by atoms with Crippen LogP contribution in [0.5, 0.6) is 11.5 Å². The van der Waals surface area contributed by atoms with Gasteiger partial charge in [0.05, 0.1) is 25.6 Å². The van der Waals surface area contributed by atoms with Crippen LogP contribution in [0.2, 0.25) is 0 Å². The molecule has 0 N–H and O–H groups in total. The Morgan fingerprint density at radius 2 is 1.58 bits per heavy atom. The number of hydrogen-bond acceptors (Lipinski definition) is 6. The number of anilines is 2. The van der Waals surface area contributed by atoms with E-state index < -0.39 is 18.1 Å². The van der Waals surface area contributed by atoms with Crippen molar-refractivity contribution in [2.24, 2.45) is 5.92 Å². The summed E-state index contributed by atoms with van der Waals surface area (Å²) in [6, 6.07) is 21.6. The molecule has 3 atom stereocenters. The molecule has 2 heterocycles. The van der Waals surface area contributed by atoms with E-state index in [0.29, 0.717) is 22.7 Å². The fourth-order valence-corrected chi connectivity index (χ4v) is 4.62. The van der Waals surface area contributed by atoms with Gasteiger partial charge in [-0.15, -0.1) is 0 Å². The third-order valence-electron chi connectivity index (χ3n) is 6.14. The monoisotopic (exact) mass is 444 g/mol. The number of benzene rings is 3. The number of para-hydroxylation sites is 1. The van der Waals surface area contributed by atoms with Crippen LogP contribution < -0.4 is 19.4 Å². The summed E-state index contributed by atoms with van der Waals surface area (Å²) in [6.07, 6.45) is -0.945. The zero-order chi connectivity index (χ0) is 23.1. The molecule has 2 fully saturated rings. The molecule has 168 valence electrons. The van der Waals surface area contributed by atoms with Crippen molar-refractivity contribution in [2.45, 2.75) is 19.1 Å². The number of methoxy groups -OCH3 is 2. The smallest absolute Gasteiger partial charge is 0.266 e. The van der Waals surface area contributed by atoms with Crippen LogP contribution in [0.15, 0.2) is 72.8 Å². The van der Waals surface area contributed by atoms with Crippen LogP contribution in [0.25, 0.3) is 0 Å². The van der Waals surface area contributed by atoms with E-state index in [1.165, 1.54) is 4.90 Å². The number of aryl methyl sites for hydroxylation is 1. The molecular weight excluding hydrogens is 420 g/mol. The lowest BCUT2D eigenvalue weighted by atomic mass is 9.89. The Labute approximate surface area is 192 Å². The van der Waals surface area contributed by atoms with E-state index in [0.717, 1.165) is 11.3 Å². The molecule has 7 nitrogen and oxygen atoms in total. The second kappa shape index (κ2) is 8.26. The summed E-state index contributed by atoms with van der Waals surface area (Å²) >= 11 is 0. The van der Waals surface area contributed by atoms with Crippen molar-refractivity contribution in [1.82, 2.24) is 0 Å². The van der Waals surface area contributed by atoms with Gasteiger partial charge in [0, 0.05) is 5.56 Å². The maximum absolute atomic E-state index is 13.8. The van der Waals surface area contributed by atoms with Crippen LogP contribution in [0, 0.1) is 12.8 Å². The van der Waals surface area contributed by atoms with Gasteiger partial charge in [-0.05, 0) is 55.0 Å². The third-order valence-corrected chi connectivity index (χ3v) is 6.14. The Kier molecular flexibility index (Phi) is 5.26. The summed E-state index contributed by atoms with van der Waals surface area (Å²) < 4.78 is 11.1. The van der Waals surface area contributed by atoms with Gasteiger partial charge in [-0.2, -0.15) is 0 Å². The number of carbonyl (C=O) groups is 2. The third kappa shape index (κ3) is 3.41. The molecule has 2 amide bonds. The first-order valence-corrected chi connectivity index (χ1v) is 10.7. The highest BCUT2D eigenvalue weighted by Gasteiger charge is 2.60. The molecule has 0 radical (unpaired) electrons. The van der Waals surface area contributed by atoms with E-state index in [-0.39, 0.29) is 11.8 Å². The Bertz CT molecular complexity index is 1210. The summed E-state index contributed by atoms with van der Waals surface area (Å²) in [5.41, 5.74) is 2.96. The number of nitrogens with zero attached hydrogens (tertiary/aromatic N) is 2. The average molecular weight is 444 g/mol. The summed E-state index contributed by atoms with van der Waals surface area (Å²) in [7, 11) is 3.16. The predicted octanol–water partition coefficient (Wildman–Crippen LogP) is 4.06. The molecule has 0 spiro atoms. The fourth-order valence-electron chi connectivity index (χ4n) is 4.62. The molecule has 0 aliphatic carbocycles. The van der Waals surface area contributed by atoms with Gasteiger partial charge in [-0.1, -0.05) is 30.3 Å². The van der Waals surface area contributed by atoms with E-state index in [4.69, 9.17) is 14.3 Å². The van der Waals surface area contributed by atoms with Crippen molar-refractivity contribution >= 4 is 23.2 Å². The lowest BCUT2D eigenvalue weighted by molar-refractivity contribution is -0.126. The van der Waals surface area contributed by atoms with E-state index in [2.05, 4.69) is 0 Å². The molecule has 2 aliphatic rings. The van der Waals surface area contributed by atoms with Crippen LogP contribution in [-0.2, 0) is 14.4 Å². The van der Waals surface area contributed by atoms with Gasteiger partial charge in [0.1, 0.15) is 23.5 Å². The lowest BCUT2D eigenvalue weighted by Gasteiger charge is -2.29. The minimum Gasteiger partial charge on any atom is -0.497 e. The maximum Gasteiger partial charge on any atom is 0.266 e. The second-order valence-electron chi connectivity index (χ2n) is 8.12. The number of hydroxylamine groups is 1. The molecule has 0 unspecified atom stereocenters. The summed E-state index contributed by atoms with van der Waals surface area (Å²) in [4.78, 5) is 34.6. The summed E-state index contributed by atoms with van der Waals surface area (Å²) in [5, 5.41) is 1.65. The fraction of sp³-hybridized carbons (Fsp3) is 0.231. The number of amides is 2. The maximum atomic E-state index is 13.8. The summed E-state index contributed by atoms with van der Waals surface area (Å²) in [6.45, 7) is 1.92. The lowest BCUT2D eigenvalue weighted by Crippen LogP contribution is -2.37. The zero-order valence-corrected chi connectivity index (χ0v) is 18.6. The standard InChI is InChI=1S/C26H24N2O5/c1-16-8-7-11-18(14-16)27-25(29)22-23(20-15-19(31-2)12-13-21(20)32-3)28(33-24(22)26(27)30)17-9-5-4-6-10-17/h4-15,22-24H,1-3H3/t22-,23+,24-/m1/s1. The first kappa shape index (κ1) is 21.0.